The number of carbonyl (C=O) groups is 1. The molecular formula is C32H30O3. The molecule has 4 rings (SSSR count). The van der Waals surface area contributed by atoms with Crippen molar-refractivity contribution in [3.05, 3.63) is 131 Å². The van der Waals surface area contributed by atoms with Gasteiger partial charge in [0.25, 0.3) is 0 Å². The minimum Gasteiger partial charge on any atom is -0.497 e. The first-order valence-corrected chi connectivity index (χ1v) is 11.7. The zero-order valence-electron chi connectivity index (χ0n) is 20.6. The SMILES string of the molecule is COc1ccc(C(=C(c2ccccc2)c2ccc(C(=O)C(C)C)cc2)c2ccc(OC)cc2)cc1. The second kappa shape index (κ2) is 10.9. The van der Waals surface area contributed by atoms with Crippen molar-refractivity contribution < 1.29 is 14.3 Å². The Morgan fingerprint density at radius 2 is 0.857 bits per heavy atom. The van der Waals surface area contributed by atoms with Gasteiger partial charge in [-0.2, -0.15) is 0 Å². The molecule has 0 spiro atoms. The van der Waals surface area contributed by atoms with Crippen LogP contribution in [0, 0.1) is 5.92 Å². The molecule has 0 aliphatic heterocycles. The van der Waals surface area contributed by atoms with Gasteiger partial charge < -0.3 is 9.47 Å². The van der Waals surface area contributed by atoms with Crippen molar-refractivity contribution in [3.8, 4) is 11.5 Å². The van der Waals surface area contributed by atoms with E-state index in [1.165, 1.54) is 0 Å². The highest BCUT2D eigenvalue weighted by Crippen LogP contribution is 2.38. The molecule has 4 aromatic rings. The highest BCUT2D eigenvalue weighted by Gasteiger charge is 2.18. The van der Waals surface area contributed by atoms with Crippen LogP contribution in [0.3, 0.4) is 0 Å². The molecule has 0 saturated carbocycles. The molecule has 0 unspecified atom stereocenters. The first-order valence-electron chi connectivity index (χ1n) is 11.7. The summed E-state index contributed by atoms with van der Waals surface area (Å²) in [5, 5.41) is 0. The van der Waals surface area contributed by atoms with Crippen LogP contribution >= 0.6 is 0 Å². The van der Waals surface area contributed by atoms with Crippen molar-refractivity contribution in [2.24, 2.45) is 5.92 Å². The Kier molecular flexibility index (Phi) is 7.47. The van der Waals surface area contributed by atoms with E-state index in [-0.39, 0.29) is 11.7 Å². The molecular weight excluding hydrogens is 432 g/mol. The van der Waals surface area contributed by atoms with E-state index in [1.54, 1.807) is 14.2 Å². The summed E-state index contributed by atoms with van der Waals surface area (Å²) in [6, 6.07) is 34.5. The molecule has 0 amide bonds. The highest BCUT2D eigenvalue weighted by molar-refractivity contribution is 6.05. The average Bonchev–Trinajstić information content (AvgIpc) is 2.92. The van der Waals surface area contributed by atoms with E-state index < -0.39 is 0 Å². The Balaban J connectivity index is 1.99. The largest absolute Gasteiger partial charge is 0.497 e. The molecule has 0 N–H and O–H groups in total. The molecule has 0 bridgehead atoms. The predicted molar refractivity (Wildman–Crippen MR) is 143 cm³/mol. The summed E-state index contributed by atoms with van der Waals surface area (Å²) in [5.74, 6) is 1.72. The Morgan fingerprint density at radius 1 is 0.514 bits per heavy atom. The van der Waals surface area contributed by atoms with Crippen molar-refractivity contribution in [2.45, 2.75) is 13.8 Å². The maximum absolute atomic E-state index is 12.6. The molecule has 0 aromatic heterocycles. The number of rotatable bonds is 8. The molecule has 0 atom stereocenters. The normalized spacial score (nSPS) is 10.7. The summed E-state index contributed by atoms with van der Waals surface area (Å²) in [6.45, 7) is 3.86. The van der Waals surface area contributed by atoms with Crippen molar-refractivity contribution in [3.63, 3.8) is 0 Å². The fourth-order valence-electron chi connectivity index (χ4n) is 4.17. The van der Waals surface area contributed by atoms with Crippen molar-refractivity contribution in [1.82, 2.24) is 0 Å². The molecule has 0 aliphatic rings. The Morgan fingerprint density at radius 3 is 1.23 bits per heavy atom. The summed E-state index contributed by atoms with van der Waals surface area (Å²) in [4.78, 5) is 12.6. The second-order valence-electron chi connectivity index (χ2n) is 8.67. The van der Waals surface area contributed by atoms with Crippen molar-refractivity contribution >= 4 is 16.9 Å². The lowest BCUT2D eigenvalue weighted by atomic mass is 9.85. The smallest absolute Gasteiger partial charge is 0.165 e. The van der Waals surface area contributed by atoms with Gasteiger partial charge in [-0.25, -0.2) is 0 Å². The summed E-state index contributed by atoms with van der Waals surface area (Å²) in [6.07, 6.45) is 0. The van der Waals surface area contributed by atoms with Gasteiger partial charge in [0.2, 0.25) is 0 Å². The van der Waals surface area contributed by atoms with E-state index in [2.05, 4.69) is 36.4 Å². The quantitative estimate of drug-likeness (QED) is 0.200. The van der Waals surface area contributed by atoms with Crippen LogP contribution in [-0.4, -0.2) is 20.0 Å². The van der Waals surface area contributed by atoms with Gasteiger partial charge in [-0.05, 0) is 57.7 Å². The van der Waals surface area contributed by atoms with Gasteiger partial charge in [0, 0.05) is 11.5 Å². The van der Waals surface area contributed by atoms with E-state index in [0.29, 0.717) is 0 Å². The van der Waals surface area contributed by atoms with Gasteiger partial charge in [-0.3, -0.25) is 4.79 Å². The molecule has 0 heterocycles. The lowest BCUT2D eigenvalue weighted by Gasteiger charge is -2.19. The summed E-state index contributed by atoms with van der Waals surface area (Å²) in [7, 11) is 3.34. The van der Waals surface area contributed by atoms with E-state index >= 15 is 0 Å². The molecule has 4 aromatic carbocycles. The maximum atomic E-state index is 12.6. The second-order valence-corrected chi connectivity index (χ2v) is 8.67. The molecule has 0 radical (unpaired) electrons. The standard InChI is InChI=1S/C32H30O3/c1-22(2)32(33)27-12-10-24(11-13-27)30(23-8-6-5-7-9-23)31(25-14-18-28(34-3)19-15-25)26-16-20-29(35-4)21-17-26/h5-22H,1-4H3. The third-order valence-electron chi connectivity index (χ3n) is 6.05. The Labute approximate surface area is 207 Å². The first-order chi connectivity index (χ1) is 17.0. The van der Waals surface area contributed by atoms with Crippen LogP contribution in [0.2, 0.25) is 0 Å². The highest BCUT2D eigenvalue weighted by atomic mass is 16.5. The number of methoxy groups -OCH3 is 2. The third kappa shape index (κ3) is 5.36. The maximum Gasteiger partial charge on any atom is 0.165 e. The summed E-state index contributed by atoms with van der Waals surface area (Å²) >= 11 is 0. The van der Waals surface area contributed by atoms with Crippen molar-refractivity contribution in [2.75, 3.05) is 14.2 Å². The molecule has 3 heteroatoms. The third-order valence-corrected chi connectivity index (χ3v) is 6.05. The number of hydrogen-bond donors (Lipinski definition) is 0. The summed E-state index contributed by atoms with van der Waals surface area (Å²) in [5.41, 5.74) is 7.17. The van der Waals surface area contributed by atoms with Crippen LogP contribution in [0.5, 0.6) is 11.5 Å². The van der Waals surface area contributed by atoms with Crippen molar-refractivity contribution in [1.29, 1.82) is 0 Å². The van der Waals surface area contributed by atoms with E-state index in [4.69, 9.17) is 9.47 Å². The lowest BCUT2D eigenvalue weighted by molar-refractivity contribution is 0.0939. The number of ether oxygens (including phenoxy) is 2. The Bertz CT molecular complexity index is 1250. The van der Waals surface area contributed by atoms with Gasteiger partial charge in [0.1, 0.15) is 11.5 Å². The number of ketones is 1. The van der Waals surface area contributed by atoms with Crippen LogP contribution in [0.4, 0.5) is 0 Å². The number of carbonyl (C=O) groups excluding carboxylic acids is 1. The van der Waals surface area contributed by atoms with Gasteiger partial charge >= 0.3 is 0 Å². The number of benzene rings is 4. The molecule has 0 aliphatic carbocycles. The number of hydrogen-bond acceptors (Lipinski definition) is 3. The summed E-state index contributed by atoms with van der Waals surface area (Å²) < 4.78 is 10.8. The monoisotopic (exact) mass is 462 g/mol. The molecule has 3 nitrogen and oxygen atoms in total. The predicted octanol–water partition coefficient (Wildman–Crippen LogP) is 7.55. The van der Waals surface area contributed by atoms with E-state index in [9.17, 15) is 4.79 Å². The average molecular weight is 463 g/mol. The van der Waals surface area contributed by atoms with Gasteiger partial charge in [0.05, 0.1) is 14.2 Å². The van der Waals surface area contributed by atoms with Crippen LogP contribution in [-0.2, 0) is 0 Å². The van der Waals surface area contributed by atoms with Crippen LogP contribution in [0.15, 0.2) is 103 Å². The molecule has 176 valence electrons. The van der Waals surface area contributed by atoms with E-state index in [1.807, 2.05) is 80.6 Å². The zero-order valence-corrected chi connectivity index (χ0v) is 20.6. The first kappa shape index (κ1) is 24.0. The topological polar surface area (TPSA) is 35.5 Å². The fraction of sp³-hybridized carbons (Fsp3) is 0.156. The fourth-order valence-corrected chi connectivity index (χ4v) is 4.17. The van der Waals surface area contributed by atoms with Crippen LogP contribution in [0.1, 0.15) is 46.5 Å². The Hall–Kier alpha value is -4.11. The molecule has 0 fully saturated rings. The van der Waals surface area contributed by atoms with E-state index in [0.717, 1.165) is 50.5 Å². The molecule has 0 saturated heterocycles. The van der Waals surface area contributed by atoms with Crippen LogP contribution < -0.4 is 9.47 Å². The minimum absolute atomic E-state index is 0.0425. The molecule has 35 heavy (non-hydrogen) atoms. The van der Waals surface area contributed by atoms with Gasteiger partial charge in [0.15, 0.2) is 5.78 Å². The van der Waals surface area contributed by atoms with Gasteiger partial charge in [-0.1, -0.05) is 92.7 Å². The number of Topliss-reactive ketones (excluding diaryl/α,β-unsaturated/α-hetero) is 1. The zero-order chi connectivity index (χ0) is 24.8. The van der Waals surface area contributed by atoms with Crippen LogP contribution in [0.25, 0.3) is 11.1 Å². The minimum atomic E-state index is -0.0425. The van der Waals surface area contributed by atoms with Gasteiger partial charge in [-0.15, -0.1) is 0 Å². The lowest BCUT2D eigenvalue weighted by Crippen LogP contribution is -2.07.